The first-order chi connectivity index (χ1) is 14.2. The Hall–Kier alpha value is -3.09. The number of amides is 1. The highest BCUT2D eigenvalue weighted by molar-refractivity contribution is 5.92. The smallest absolute Gasteiger partial charge is 0.272 e. The van der Waals surface area contributed by atoms with Gasteiger partial charge in [0.2, 0.25) is 5.88 Å². The molecule has 0 saturated carbocycles. The summed E-state index contributed by atoms with van der Waals surface area (Å²) in [6.07, 6.45) is 7.84. The van der Waals surface area contributed by atoms with Crippen LogP contribution in [0, 0.1) is 6.92 Å². The molecule has 0 fully saturated rings. The average Bonchev–Trinajstić information content (AvgIpc) is 3.11. The lowest BCUT2D eigenvalue weighted by atomic mass is 10.1. The Labute approximate surface area is 180 Å². The van der Waals surface area contributed by atoms with Crippen LogP contribution in [0.5, 0.6) is 5.88 Å². The van der Waals surface area contributed by atoms with Crippen molar-refractivity contribution >= 4 is 5.91 Å². The van der Waals surface area contributed by atoms with Gasteiger partial charge in [0.1, 0.15) is 0 Å². The molecule has 0 saturated heterocycles. The van der Waals surface area contributed by atoms with E-state index < -0.39 is 0 Å². The van der Waals surface area contributed by atoms with E-state index in [2.05, 4.69) is 39.8 Å². The molecule has 0 unspecified atom stereocenters. The van der Waals surface area contributed by atoms with Crippen molar-refractivity contribution in [2.24, 2.45) is 0 Å². The Kier molecular flexibility index (Phi) is 9.81. The van der Waals surface area contributed by atoms with Crippen LogP contribution in [0.1, 0.15) is 57.7 Å². The van der Waals surface area contributed by atoms with Crippen molar-refractivity contribution in [2.45, 2.75) is 54.0 Å². The van der Waals surface area contributed by atoms with E-state index in [-0.39, 0.29) is 11.4 Å². The molecule has 164 valence electrons. The summed E-state index contributed by atoms with van der Waals surface area (Å²) in [6.45, 7) is 14.8. The van der Waals surface area contributed by atoms with E-state index in [9.17, 15) is 4.79 Å². The molecule has 0 atom stereocenters. The molecule has 2 aromatic heterocycles. The Bertz CT molecular complexity index is 859. The van der Waals surface area contributed by atoms with Gasteiger partial charge in [-0.05, 0) is 59.0 Å². The second-order valence-electron chi connectivity index (χ2n) is 7.54. The van der Waals surface area contributed by atoms with Gasteiger partial charge in [0, 0.05) is 23.8 Å². The summed E-state index contributed by atoms with van der Waals surface area (Å²) < 4.78 is 6.71. The minimum Gasteiger partial charge on any atom is -0.481 e. The van der Waals surface area contributed by atoms with Crippen LogP contribution in [-0.2, 0) is 0 Å². The maximum Gasteiger partial charge on any atom is 0.272 e. The summed E-state index contributed by atoms with van der Waals surface area (Å²) >= 11 is 0. The topological polar surface area (TPSA) is 81.1 Å². The molecule has 3 heterocycles. The molecule has 2 aromatic rings. The highest BCUT2D eigenvalue weighted by atomic mass is 16.5. The summed E-state index contributed by atoms with van der Waals surface area (Å²) in [7, 11) is 1.57. The monoisotopic (exact) mass is 413 g/mol. The third-order valence-corrected chi connectivity index (χ3v) is 3.79. The highest BCUT2D eigenvalue weighted by Crippen LogP contribution is 2.14. The van der Waals surface area contributed by atoms with Gasteiger partial charge in [-0.3, -0.25) is 4.79 Å². The number of methoxy groups -OCH3 is 1. The van der Waals surface area contributed by atoms with Crippen LogP contribution < -0.4 is 15.4 Å². The van der Waals surface area contributed by atoms with Crippen LogP contribution in [0.15, 0.2) is 48.3 Å². The number of hydrogen-bond acceptors (Lipinski definition) is 5. The van der Waals surface area contributed by atoms with Crippen LogP contribution >= 0.6 is 0 Å². The summed E-state index contributed by atoms with van der Waals surface area (Å²) in [6, 6.07) is 5.36. The summed E-state index contributed by atoms with van der Waals surface area (Å²) in [5.41, 5.74) is 3.08. The van der Waals surface area contributed by atoms with Crippen LogP contribution in [0.4, 0.5) is 0 Å². The van der Waals surface area contributed by atoms with Gasteiger partial charge in [0.25, 0.3) is 5.91 Å². The average molecular weight is 414 g/mol. The fourth-order valence-electron chi connectivity index (χ4n) is 2.42. The minimum atomic E-state index is -0.295. The van der Waals surface area contributed by atoms with E-state index in [1.54, 1.807) is 30.1 Å². The quantitative estimate of drug-likeness (QED) is 0.789. The molecule has 0 bridgehead atoms. The number of carbonyl (C=O) groups excluding carboxylic acids is 1. The largest absolute Gasteiger partial charge is 0.481 e. The number of pyridine rings is 1. The molecule has 7 heteroatoms. The summed E-state index contributed by atoms with van der Waals surface area (Å²) in [5.74, 6) is 0.347. The first kappa shape index (κ1) is 24.9. The van der Waals surface area contributed by atoms with Gasteiger partial charge in [-0.1, -0.05) is 25.5 Å². The standard InChI is InChI=1S/C15H20N4O2.C6H9N.C2H6/c1-10-8-12(14(20)17-15(2,3)4)18-19(10)11-6-7-13(21-5)16-9-11;1-6-2-4-7-5-3-6;1-2/h6-9H,1-5H3,(H,17,20);2-4,7H,5H2,1H3;1-2H3. The first-order valence-electron chi connectivity index (χ1n) is 10.2. The number of nitrogens with one attached hydrogen (secondary N) is 2. The van der Waals surface area contributed by atoms with E-state index in [4.69, 9.17) is 4.74 Å². The van der Waals surface area contributed by atoms with Crippen LogP contribution in [0.2, 0.25) is 0 Å². The minimum absolute atomic E-state index is 0.189. The van der Waals surface area contributed by atoms with Gasteiger partial charge in [0.05, 0.1) is 19.0 Å². The number of carbonyl (C=O) groups is 1. The van der Waals surface area contributed by atoms with Crippen LogP contribution in [0.3, 0.4) is 0 Å². The van der Waals surface area contributed by atoms with Gasteiger partial charge in [-0.15, -0.1) is 0 Å². The normalized spacial score (nSPS) is 12.3. The van der Waals surface area contributed by atoms with Crippen LogP contribution in [0.25, 0.3) is 5.69 Å². The molecule has 0 radical (unpaired) electrons. The van der Waals surface area contributed by atoms with Gasteiger partial charge < -0.3 is 15.4 Å². The predicted octanol–water partition coefficient (Wildman–Crippen LogP) is 4.19. The van der Waals surface area contributed by atoms with Crippen molar-refractivity contribution in [1.82, 2.24) is 25.4 Å². The Balaban J connectivity index is 0.000000418. The molecule has 0 aromatic carbocycles. The molecule has 30 heavy (non-hydrogen) atoms. The van der Waals surface area contributed by atoms with Gasteiger partial charge in [-0.2, -0.15) is 5.10 Å². The maximum atomic E-state index is 12.1. The zero-order valence-electron chi connectivity index (χ0n) is 19.4. The molecule has 7 nitrogen and oxygen atoms in total. The maximum absolute atomic E-state index is 12.1. The van der Waals surface area contributed by atoms with Gasteiger partial charge in [0.15, 0.2) is 5.69 Å². The summed E-state index contributed by atoms with van der Waals surface area (Å²) in [5, 5.41) is 10.3. The van der Waals surface area contributed by atoms with Crippen molar-refractivity contribution in [2.75, 3.05) is 13.7 Å². The fraction of sp³-hybridized carbons (Fsp3) is 0.435. The van der Waals surface area contributed by atoms with E-state index in [1.165, 1.54) is 5.57 Å². The third-order valence-electron chi connectivity index (χ3n) is 3.79. The van der Waals surface area contributed by atoms with Crippen molar-refractivity contribution in [3.8, 4) is 11.6 Å². The number of ether oxygens (including phenoxy) is 1. The van der Waals surface area contributed by atoms with Crippen molar-refractivity contribution < 1.29 is 9.53 Å². The number of allylic oxidation sites excluding steroid dienone is 2. The molecule has 1 amide bonds. The first-order valence-corrected chi connectivity index (χ1v) is 10.2. The number of aromatic nitrogens is 3. The number of nitrogens with zero attached hydrogens (tertiary/aromatic N) is 3. The molecule has 2 N–H and O–H groups in total. The number of hydrogen-bond donors (Lipinski definition) is 2. The molecule has 1 aliphatic heterocycles. The Morgan fingerprint density at radius 3 is 2.37 bits per heavy atom. The second-order valence-corrected chi connectivity index (χ2v) is 7.54. The summed E-state index contributed by atoms with van der Waals surface area (Å²) in [4.78, 5) is 16.3. The van der Waals surface area contributed by atoms with Crippen molar-refractivity contribution in [3.05, 3.63) is 59.7 Å². The van der Waals surface area contributed by atoms with Crippen molar-refractivity contribution in [3.63, 3.8) is 0 Å². The lowest BCUT2D eigenvalue weighted by Gasteiger charge is -2.19. The van der Waals surface area contributed by atoms with Gasteiger partial charge in [-0.25, -0.2) is 9.67 Å². The molecule has 3 rings (SSSR count). The molecule has 1 aliphatic rings. The highest BCUT2D eigenvalue weighted by Gasteiger charge is 2.19. The molecule has 0 spiro atoms. The lowest BCUT2D eigenvalue weighted by molar-refractivity contribution is 0.0914. The van der Waals surface area contributed by atoms with E-state index >= 15 is 0 Å². The SMILES string of the molecule is CC.CC1=CCNC=C1.COc1ccc(-n2nc(C(=O)NC(C)(C)C)cc2C)cn1. The predicted molar refractivity (Wildman–Crippen MR) is 122 cm³/mol. The fourth-order valence-corrected chi connectivity index (χ4v) is 2.42. The van der Waals surface area contributed by atoms with Crippen LogP contribution in [-0.4, -0.2) is 39.9 Å². The third kappa shape index (κ3) is 8.11. The van der Waals surface area contributed by atoms with Crippen molar-refractivity contribution in [1.29, 1.82) is 0 Å². The Morgan fingerprint density at radius 1 is 1.23 bits per heavy atom. The molecular weight excluding hydrogens is 378 g/mol. The van der Waals surface area contributed by atoms with E-state index in [0.717, 1.165) is 17.9 Å². The van der Waals surface area contributed by atoms with E-state index in [1.807, 2.05) is 53.8 Å². The molecule has 0 aliphatic carbocycles. The molecular formula is C23H35N5O2. The Morgan fingerprint density at radius 2 is 1.93 bits per heavy atom. The number of rotatable bonds is 3. The number of dihydropyridines is 1. The zero-order chi connectivity index (χ0) is 22.7. The zero-order valence-corrected chi connectivity index (χ0v) is 19.4. The second kappa shape index (κ2) is 11.8. The lowest BCUT2D eigenvalue weighted by Crippen LogP contribution is -2.40. The van der Waals surface area contributed by atoms with E-state index in [0.29, 0.717) is 11.6 Å². The number of aryl methyl sites for hydroxylation is 1. The van der Waals surface area contributed by atoms with Gasteiger partial charge >= 0.3 is 0 Å².